The Morgan fingerprint density at radius 3 is 2.80 bits per heavy atom. The Morgan fingerprint density at radius 2 is 2.20 bits per heavy atom. The zero-order valence-electron chi connectivity index (χ0n) is 10.4. The van der Waals surface area contributed by atoms with Crippen LogP contribution in [0.15, 0.2) is 35.6 Å². The molecule has 0 fully saturated rings. The maximum absolute atomic E-state index is 11.2. The van der Waals surface area contributed by atoms with E-state index in [4.69, 9.17) is 4.55 Å². The second-order valence-electron chi connectivity index (χ2n) is 4.11. The summed E-state index contributed by atoms with van der Waals surface area (Å²) in [5.74, 6) is -0.306. The molecule has 8 nitrogen and oxygen atoms in total. The summed E-state index contributed by atoms with van der Waals surface area (Å²) in [6, 6.07) is 3.09. The summed E-state index contributed by atoms with van der Waals surface area (Å²) in [5, 5.41) is 4.09. The number of hydrogen-bond acceptors (Lipinski definition) is 5. The molecule has 2 heterocycles. The third-order valence-corrected chi connectivity index (χ3v) is 3.34. The number of H-pyrrole nitrogens is 1. The van der Waals surface area contributed by atoms with Crippen LogP contribution in [0.5, 0.6) is 0 Å². The lowest BCUT2D eigenvalue weighted by atomic mass is 10.2. The molecule has 0 radical (unpaired) electrons. The lowest BCUT2D eigenvalue weighted by Gasteiger charge is -1.98. The van der Waals surface area contributed by atoms with Gasteiger partial charge >= 0.3 is 0 Å². The first-order valence-corrected chi connectivity index (χ1v) is 7.41. The fourth-order valence-electron chi connectivity index (χ4n) is 1.60. The summed E-state index contributed by atoms with van der Waals surface area (Å²) < 4.78 is 31.3. The fraction of sp³-hybridized carbons (Fsp3) is 0.273. The average Bonchev–Trinajstić information content (AvgIpc) is 2.38. The van der Waals surface area contributed by atoms with Crippen molar-refractivity contribution in [3.8, 4) is 11.3 Å². The van der Waals surface area contributed by atoms with Crippen LogP contribution in [0.4, 0.5) is 0 Å². The molecular weight excluding hydrogens is 284 g/mol. The van der Waals surface area contributed by atoms with Crippen LogP contribution in [0.3, 0.4) is 0 Å². The zero-order chi connectivity index (χ0) is 14.6. The van der Waals surface area contributed by atoms with Crippen molar-refractivity contribution in [2.24, 2.45) is 0 Å². The molecule has 0 aliphatic carbocycles. The van der Waals surface area contributed by atoms with E-state index in [1.54, 1.807) is 16.9 Å². The highest BCUT2D eigenvalue weighted by molar-refractivity contribution is 7.85. The van der Waals surface area contributed by atoms with Gasteiger partial charge in [-0.05, 0) is 5.10 Å². The van der Waals surface area contributed by atoms with Crippen LogP contribution in [0, 0.1) is 0 Å². The van der Waals surface area contributed by atoms with E-state index in [9.17, 15) is 13.2 Å². The predicted octanol–water partition coefficient (Wildman–Crippen LogP) is -0.603. The average molecular weight is 297 g/mol. The molecule has 0 spiro atoms. The Labute approximate surface area is 114 Å². The highest BCUT2D eigenvalue weighted by Gasteiger charge is 2.09. The van der Waals surface area contributed by atoms with Gasteiger partial charge in [0.1, 0.15) is 6.20 Å². The quantitative estimate of drug-likeness (QED) is 0.562. The third-order valence-electron chi connectivity index (χ3n) is 2.53. The summed E-state index contributed by atoms with van der Waals surface area (Å²) in [7, 11) is -3.94. The van der Waals surface area contributed by atoms with E-state index in [0.717, 1.165) is 0 Å². The second-order valence-corrected chi connectivity index (χ2v) is 5.69. The smallest absolute Gasteiger partial charge is 0.265 e. The van der Waals surface area contributed by atoms with E-state index >= 15 is 0 Å². The van der Waals surface area contributed by atoms with E-state index in [1.165, 1.54) is 18.6 Å². The van der Waals surface area contributed by atoms with Crippen LogP contribution in [-0.4, -0.2) is 33.8 Å². The van der Waals surface area contributed by atoms with Crippen molar-refractivity contribution in [3.63, 3.8) is 0 Å². The Balaban J connectivity index is 2.05. The van der Waals surface area contributed by atoms with Gasteiger partial charge in [-0.3, -0.25) is 9.35 Å². The van der Waals surface area contributed by atoms with Crippen molar-refractivity contribution in [1.82, 2.24) is 15.1 Å². The highest BCUT2D eigenvalue weighted by Crippen LogP contribution is 2.10. The summed E-state index contributed by atoms with van der Waals surface area (Å²) in [5.41, 5.74) is 0.938. The van der Waals surface area contributed by atoms with E-state index in [0.29, 0.717) is 17.8 Å². The monoisotopic (exact) mass is 297 g/mol. The van der Waals surface area contributed by atoms with Gasteiger partial charge in [0, 0.05) is 24.1 Å². The highest BCUT2D eigenvalue weighted by atomic mass is 32.2. The molecule has 2 rings (SSSR count). The molecule has 20 heavy (non-hydrogen) atoms. The molecule has 0 aliphatic rings. The molecule has 0 saturated heterocycles. The molecule has 0 aliphatic heterocycles. The summed E-state index contributed by atoms with van der Waals surface area (Å²) in [4.78, 5) is 17.6. The Hall–Kier alpha value is -2.13. The van der Waals surface area contributed by atoms with Crippen molar-refractivity contribution in [2.45, 2.75) is 13.0 Å². The normalized spacial score (nSPS) is 11.4. The molecule has 0 atom stereocenters. The van der Waals surface area contributed by atoms with Crippen molar-refractivity contribution in [3.05, 3.63) is 41.2 Å². The summed E-state index contributed by atoms with van der Waals surface area (Å²) >= 11 is 0. The maximum atomic E-state index is 11.2. The van der Waals surface area contributed by atoms with Crippen LogP contribution in [-0.2, 0) is 16.7 Å². The lowest BCUT2D eigenvalue weighted by Crippen LogP contribution is -2.38. The van der Waals surface area contributed by atoms with Gasteiger partial charge in [-0.1, -0.05) is 4.68 Å². The molecule has 0 aromatic carbocycles. The number of aromatic amines is 1. The van der Waals surface area contributed by atoms with Crippen LogP contribution in [0.2, 0.25) is 0 Å². The summed E-state index contributed by atoms with van der Waals surface area (Å²) in [6.45, 7) is 0.364. The Kier molecular flexibility index (Phi) is 4.20. The minimum Gasteiger partial charge on any atom is -0.313 e. The van der Waals surface area contributed by atoms with Gasteiger partial charge in [-0.2, -0.15) is 8.42 Å². The van der Waals surface area contributed by atoms with Crippen LogP contribution >= 0.6 is 0 Å². The molecule has 9 heteroatoms. The second kappa shape index (κ2) is 5.88. The van der Waals surface area contributed by atoms with Crippen LogP contribution < -0.4 is 10.2 Å². The Bertz CT molecular complexity index is 740. The predicted molar refractivity (Wildman–Crippen MR) is 69.3 cm³/mol. The number of nitrogens with zero attached hydrogens (tertiary/aromatic N) is 3. The van der Waals surface area contributed by atoms with Crippen molar-refractivity contribution in [1.29, 1.82) is 0 Å². The third kappa shape index (κ3) is 4.21. The van der Waals surface area contributed by atoms with E-state index in [1.807, 2.05) is 0 Å². The molecular formula is C11H13N4O4S+. The Morgan fingerprint density at radius 1 is 1.40 bits per heavy atom. The lowest BCUT2D eigenvalue weighted by molar-refractivity contribution is -0.753. The minimum atomic E-state index is -3.94. The first-order valence-electron chi connectivity index (χ1n) is 5.80. The van der Waals surface area contributed by atoms with Gasteiger partial charge < -0.3 is 4.98 Å². The fourth-order valence-corrected chi connectivity index (χ4v) is 2.10. The molecule has 0 saturated carbocycles. The van der Waals surface area contributed by atoms with Gasteiger partial charge in [-0.15, -0.1) is 0 Å². The SMILES string of the molecule is O=c1cc(-c2cc[n+](CCCS(=O)(=O)O)nc2)nc[nH]1. The number of rotatable bonds is 5. The summed E-state index contributed by atoms with van der Waals surface area (Å²) in [6.07, 6.45) is 4.77. The molecule has 0 unspecified atom stereocenters. The first kappa shape index (κ1) is 14.3. The van der Waals surface area contributed by atoms with Gasteiger partial charge in [-0.25, -0.2) is 4.98 Å². The number of nitrogens with one attached hydrogen (secondary N) is 1. The van der Waals surface area contributed by atoms with Gasteiger partial charge in [0.05, 0.1) is 17.8 Å². The van der Waals surface area contributed by atoms with Gasteiger partial charge in [0.25, 0.3) is 15.7 Å². The molecule has 106 valence electrons. The number of aryl methyl sites for hydroxylation is 1. The standard InChI is InChI=1S/C11H12N4O4S/c16-11-6-10(12-8-13-11)9-2-4-15(14-7-9)3-1-5-20(17,18)19/h2,4,6-8H,1,3,5H2,(H-,12,13,16,17,18,19)/p+1. The van der Waals surface area contributed by atoms with E-state index in [-0.39, 0.29) is 17.7 Å². The molecule has 0 bridgehead atoms. The topological polar surface area (TPSA) is 117 Å². The molecule has 2 aromatic rings. The minimum absolute atomic E-state index is 0.250. The largest absolute Gasteiger partial charge is 0.313 e. The maximum Gasteiger partial charge on any atom is 0.265 e. The van der Waals surface area contributed by atoms with Gasteiger partial charge in [0.15, 0.2) is 12.7 Å². The van der Waals surface area contributed by atoms with Crippen molar-refractivity contribution < 1.29 is 17.7 Å². The van der Waals surface area contributed by atoms with Gasteiger partial charge in [0.2, 0.25) is 0 Å². The molecule has 0 amide bonds. The number of hydrogen-bond donors (Lipinski definition) is 2. The van der Waals surface area contributed by atoms with Crippen molar-refractivity contribution in [2.75, 3.05) is 5.75 Å². The van der Waals surface area contributed by atoms with E-state index < -0.39 is 10.1 Å². The molecule has 2 N–H and O–H groups in total. The first-order chi connectivity index (χ1) is 9.44. The zero-order valence-corrected chi connectivity index (χ0v) is 11.2. The van der Waals surface area contributed by atoms with Crippen LogP contribution in [0.25, 0.3) is 11.3 Å². The number of aromatic nitrogens is 4. The van der Waals surface area contributed by atoms with Crippen molar-refractivity contribution >= 4 is 10.1 Å². The van der Waals surface area contributed by atoms with Crippen LogP contribution in [0.1, 0.15) is 6.42 Å². The van der Waals surface area contributed by atoms with E-state index in [2.05, 4.69) is 15.1 Å². The molecule has 2 aromatic heterocycles.